The van der Waals surface area contributed by atoms with Crippen molar-refractivity contribution in [2.45, 2.75) is 64.0 Å². The van der Waals surface area contributed by atoms with Crippen LogP contribution in [0.3, 0.4) is 0 Å². The molecule has 2 fully saturated rings. The van der Waals surface area contributed by atoms with Gasteiger partial charge in [0.15, 0.2) is 0 Å². The maximum Gasteiger partial charge on any atom is 0.306 e. The van der Waals surface area contributed by atoms with Gasteiger partial charge in [-0.05, 0) is 68.3 Å². The number of nitrogens with zero attached hydrogens (tertiary/aromatic N) is 3. The summed E-state index contributed by atoms with van der Waals surface area (Å²) in [5.74, 6) is 0.180. The van der Waals surface area contributed by atoms with Crippen molar-refractivity contribution in [3.05, 3.63) is 58.7 Å². The molecule has 0 spiro atoms. The van der Waals surface area contributed by atoms with E-state index < -0.39 is 0 Å². The van der Waals surface area contributed by atoms with Gasteiger partial charge in [0.1, 0.15) is 11.9 Å². The van der Waals surface area contributed by atoms with Gasteiger partial charge in [0.25, 0.3) is 0 Å². The van der Waals surface area contributed by atoms with E-state index in [4.69, 9.17) is 4.74 Å². The second-order valence-corrected chi connectivity index (χ2v) is 10.3. The fraction of sp³-hybridized carbons (Fsp3) is 0.607. The molecule has 1 aromatic rings. The summed E-state index contributed by atoms with van der Waals surface area (Å²) in [6.07, 6.45) is 8.68. The van der Waals surface area contributed by atoms with E-state index in [1.807, 2.05) is 6.92 Å². The van der Waals surface area contributed by atoms with Gasteiger partial charge >= 0.3 is 5.97 Å². The van der Waals surface area contributed by atoms with Crippen LogP contribution in [0, 0.1) is 11.7 Å². The Hall–Kier alpha value is -2.34. The average Bonchev–Trinajstić information content (AvgIpc) is 3.16. The van der Waals surface area contributed by atoms with Crippen LogP contribution in [0.4, 0.5) is 4.39 Å². The first kappa shape index (κ1) is 23.4. The first-order chi connectivity index (χ1) is 16.5. The lowest BCUT2D eigenvalue weighted by atomic mass is 9.86. The summed E-state index contributed by atoms with van der Waals surface area (Å²) in [5, 5.41) is 0. The van der Waals surface area contributed by atoms with Crippen molar-refractivity contribution < 1.29 is 13.9 Å². The maximum atomic E-state index is 13.4. The van der Waals surface area contributed by atoms with Crippen LogP contribution in [-0.2, 0) is 9.53 Å². The molecule has 3 heterocycles. The number of benzene rings is 1. The van der Waals surface area contributed by atoms with E-state index in [2.05, 4.69) is 27.8 Å². The number of likely N-dealkylation sites (N-methyl/N-ethyl adjacent to an activating group) is 1. The van der Waals surface area contributed by atoms with Gasteiger partial charge in [-0.25, -0.2) is 4.39 Å². The summed E-state index contributed by atoms with van der Waals surface area (Å²) >= 11 is 0. The van der Waals surface area contributed by atoms with Crippen molar-refractivity contribution in [3.63, 3.8) is 0 Å². The number of carbonyl (C=O) groups is 1. The maximum absolute atomic E-state index is 13.4. The molecule has 3 aliphatic heterocycles. The minimum absolute atomic E-state index is 0.168. The van der Waals surface area contributed by atoms with Gasteiger partial charge in [-0.15, -0.1) is 0 Å². The Labute approximate surface area is 203 Å². The number of carbonyl (C=O) groups excluding carboxylic acids is 1. The van der Waals surface area contributed by atoms with Crippen LogP contribution in [0.5, 0.6) is 0 Å². The predicted octanol–water partition coefficient (Wildman–Crippen LogP) is 4.87. The Bertz CT molecular complexity index is 957. The van der Waals surface area contributed by atoms with Gasteiger partial charge in [-0.2, -0.15) is 0 Å². The summed E-state index contributed by atoms with van der Waals surface area (Å²) in [4.78, 5) is 20.0. The highest BCUT2D eigenvalue weighted by molar-refractivity contribution is 5.69. The van der Waals surface area contributed by atoms with Gasteiger partial charge in [0, 0.05) is 57.3 Å². The smallest absolute Gasteiger partial charge is 0.306 e. The van der Waals surface area contributed by atoms with E-state index in [-0.39, 0.29) is 17.9 Å². The third kappa shape index (κ3) is 4.61. The van der Waals surface area contributed by atoms with Crippen molar-refractivity contribution in [1.29, 1.82) is 0 Å². The molecule has 1 aromatic carbocycles. The monoisotopic (exact) mass is 467 g/mol. The number of fused-ring (bicyclic) bond motifs is 3. The highest BCUT2D eigenvalue weighted by Gasteiger charge is 2.47. The Balaban J connectivity index is 1.21. The predicted molar refractivity (Wildman–Crippen MR) is 131 cm³/mol. The molecule has 2 saturated heterocycles. The van der Waals surface area contributed by atoms with Crippen molar-refractivity contribution >= 4 is 5.97 Å². The molecule has 184 valence electrons. The number of allylic oxidation sites excluding steroid dienone is 3. The van der Waals surface area contributed by atoms with Crippen LogP contribution in [0.1, 0.15) is 63.5 Å². The van der Waals surface area contributed by atoms with Crippen molar-refractivity contribution in [3.8, 4) is 0 Å². The number of halogens is 1. The standard InChI is InChI=1S/C28H38FN3O2/c1-3-6-27(33)34-26(20-10-12-21(29)13-11-20)9-5-15-31-16-14-24-23(19-31)22-7-4-8-25-28(22)32(24)18-17-30(25)2/h7,10-13,23-24,26H,3-6,8-9,14-19H2,1-2H3/t23-,24-,26+/m0/s1. The molecule has 0 radical (unpaired) electrons. The van der Waals surface area contributed by atoms with E-state index in [9.17, 15) is 9.18 Å². The van der Waals surface area contributed by atoms with Crippen LogP contribution in [0.15, 0.2) is 47.3 Å². The molecule has 1 aliphatic carbocycles. The number of ether oxygens (including phenoxy) is 1. The molecule has 0 amide bonds. The first-order valence-electron chi connectivity index (χ1n) is 13.1. The van der Waals surface area contributed by atoms with Gasteiger partial charge < -0.3 is 19.4 Å². The molecular formula is C28H38FN3O2. The third-order valence-corrected chi connectivity index (χ3v) is 8.09. The number of hydrogen-bond donors (Lipinski definition) is 0. The lowest BCUT2D eigenvalue weighted by molar-refractivity contribution is -0.150. The van der Waals surface area contributed by atoms with Crippen LogP contribution in [0.2, 0.25) is 0 Å². The lowest BCUT2D eigenvalue weighted by Gasteiger charge is -2.41. The van der Waals surface area contributed by atoms with E-state index >= 15 is 0 Å². The van der Waals surface area contributed by atoms with Crippen LogP contribution >= 0.6 is 0 Å². The summed E-state index contributed by atoms with van der Waals surface area (Å²) in [5.41, 5.74) is 5.59. The van der Waals surface area contributed by atoms with Crippen molar-refractivity contribution in [1.82, 2.24) is 14.7 Å². The second kappa shape index (κ2) is 10.1. The highest BCUT2D eigenvalue weighted by Crippen LogP contribution is 2.48. The number of likely N-dealkylation sites (tertiary alicyclic amines) is 1. The van der Waals surface area contributed by atoms with Gasteiger partial charge in [-0.1, -0.05) is 25.1 Å². The average molecular weight is 468 g/mol. The number of rotatable bonds is 8. The molecule has 0 bridgehead atoms. The van der Waals surface area contributed by atoms with Crippen LogP contribution in [-0.4, -0.2) is 66.5 Å². The van der Waals surface area contributed by atoms with Gasteiger partial charge in [-0.3, -0.25) is 4.79 Å². The van der Waals surface area contributed by atoms with Gasteiger partial charge in [0.05, 0.1) is 5.70 Å². The van der Waals surface area contributed by atoms with E-state index in [1.54, 1.807) is 29.1 Å². The fourth-order valence-corrected chi connectivity index (χ4v) is 6.39. The molecule has 5 rings (SSSR count). The van der Waals surface area contributed by atoms with Gasteiger partial charge in [0.2, 0.25) is 0 Å². The fourth-order valence-electron chi connectivity index (χ4n) is 6.39. The molecule has 5 nitrogen and oxygen atoms in total. The molecule has 34 heavy (non-hydrogen) atoms. The topological polar surface area (TPSA) is 36.0 Å². The molecule has 6 heteroatoms. The number of hydrogen-bond acceptors (Lipinski definition) is 5. The number of esters is 1. The molecular weight excluding hydrogens is 429 g/mol. The third-order valence-electron chi connectivity index (χ3n) is 8.09. The van der Waals surface area contributed by atoms with E-state index in [1.165, 1.54) is 25.0 Å². The quantitative estimate of drug-likeness (QED) is 0.510. The summed E-state index contributed by atoms with van der Waals surface area (Å²) in [7, 11) is 2.25. The minimum atomic E-state index is -0.304. The second-order valence-electron chi connectivity index (χ2n) is 10.3. The van der Waals surface area contributed by atoms with Crippen LogP contribution in [0.25, 0.3) is 0 Å². The molecule has 0 unspecified atom stereocenters. The summed E-state index contributed by atoms with van der Waals surface area (Å²) < 4.78 is 19.2. The largest absolute Gasteiger partial charge is 0.457 e. The molecule has 4 aliphatic rings. The van der Waals surface area contributed by atoms with E-state index in [0.29, 0.717) is 18.4 Å². The number of piperidine rings is 1. The molecule has 0 saturated carbocycles. The normalized spacial score (nSPS) is 25.1. The first-order valence-corrected chi connectivity index (χ1v) is 13.1. The zero-order chi connectivity index (χ0) is 23.7. The molecule has 0 aromatic heterocycles. The minimum Gasteiger partial charge on any atom is -0.457 e. The van der Waals surface area contributed by atoms with E-state index in [0.717, 1.165) is 64.0 Å². The van der Waals surface area contributed by atoms with Crippen molar-refractivity contribution in [2.75, 3.05) is 39.8 Å². The summed E-state index contributed by atoms with van der Waals surface area (Å²) in [6.45, 7) is 7.51. The Morgan fingerprint density at radius 1 is 1.21 bits per heavy atom. The Morgan fingerprint density at radius 2 is 2.03 bits per heavy atom. The zero-order valence-electron chi connectivity index (χ0n) is 20.6. The zero-order valence-corrected chi connectivity index (χ0v) is 20.6. The summed E-state index contributed by atoms with van der Waals surface area (Å²) in [6, 6.07) is 7.05. The molecule has 3 atom stereocenters. The SMILES string of the molecule is CCCC(=O)O[C@H](CCCN1CC[C@H]2[C@@H](C1)C1=CCCC3=C1N2CCN3C)c1ccc(F)cc1. The van der Waals surface area contributed by atoms with Crippen LogP contribution < -0.4 is 0 Å². The molecule has 0 N–H and O–H groups in total. The Morgan fingerprint density at radius 3 is 2.82 bits per heavy atom. The highest BCUT2D eigenvalue weighted by atomic mass is 19.1. The lowest BCUT2D eigenvalue weighted by Crippen LogP contribution is -2.48. The Kier molecular flexibility index (Phi) is 6.96. The van der Waals surface area contributed by atoms with Crippen molar-refractivity contribution in [2.24, 2.45) is 5.92 Å².